The summed E-state index contributed by atoms with van der Waals surface area (Å²) in [5, 5.41) is 2.79. The van der Waals surface area contributed by atoms with Crippen molar-refractivity contribution >= 4 is 22.0 Å². The van der Waals surface area contributed by atoms with E-state index in [4.69, 9.17) is 4.74 Å². The molecule has 2 bridgehead atoms. The van der Waals surface area contributed by atoms with Crippen molar-refractivity contribution < 1.29 is 9.53 Å². The predicted octanol–water partition coefficient (Wildman–Crippen LogP) is 1.41. The summed E-state index contributed by atoms with van der Waals surface area (Å²) < 4.78 is 5.07. The summed E-state index contributed by atoms with van der Waals surface area (Å²) in [6.45, 7) is 0. The number of rotatable bonds is 0. The van der Waals surface area contributed by atoms with Crippen LogP contribution in [0.3, 0.4) is 0 Å². The molecule has 2 fully saturated rings. The molecule has 0 spiro atoms. The van der Waals surface area contributed by atoms with E-state index in [0.717, 1.165) is 19.3 Å². The monoisotopic (exact) mass is 219 g/mol. The first-order chi connectivity index (χ1) is 5.25. The molecule has 0 radical (unpaired) electrons. The van der Waals surface area contributed by atoms with E-state index in [0.29, 0.717) is 10.9 Å². The van der Waals surface area contributed by atoms with E-state index in [1.807, 2.05) is 0 Å². The third kappa shape index (κ3) is 1.36. The molecule has 0 aromatic rings. The van der Waals surface area contributed by atoms with E-state index < -0.39 is 0 Å². The maximum absolute atomic E-state index is 10.9. The first kappa shape index (κ1) is 7.40. The number of alkyl carbamates (subject to hydrolysis) is 1. The Labute approximate surface area is 73.6 Å². The summed E-state index contributed by atoms with van der Waals surface area (Å²) in [4.78, 5) is 11.2. The lowest BCUT2D eigenvalue weighted by atomic mass is 9.92. The Morgan fingerprint density at radius 2 is 2.36 bits per heavy atom. The van der Waals surface area contributed by atoms with Crippen LogP contribution < -0.4 is 5.32 Å². The van der Waals surface area contributed by atoms with Gasteiger partial charge in [-0.05, 0) is 12.8 Å². The van der Waals surface area contributed by atoms with Crippen LogP contribution in [0.4, 0.5) is 4.79 Å². The summed E-state index contributed by atoms with van der Waals surface area (Å²) in [6, 6.07) is 0.357. The van der Waals surface area contributed by atoms with Gasteiger partial charge in [-0.3, -0.25) is 0 Å². The maximum Gasteiger partial charge on any atom is 0.407 e. The number of halogens is 1. The molecule has 1 aliphatic heterocycles. The van der Waals surface area contributed by atoms with Crippen molar-refractivity contribution in [3.05, 3.63) is 0 Å². The highest BCUT2D eigenvalue weighted by Crippen LogP contribution is 2.29. The number of amides is 1. The lowest BCUT2D eigenvalue weighted by Gasteiger charge is -2.37. The number of hydrogen-bond donors (Lipinski definition) is 1. The fourth-order valence-corrected chi connectivity index (χ4v) is 2.27. The van der Waals surface area contributed by atoms with Crippen molar-refractivity contribution in [1.82, 2.24) is 5.32 Å². The zero-order valence-electron chi connectivity index (χ0n) is 6.05. The molecule has 3 nitrogen and oxygen atoms in total. The predicted molar refractivity (Wildman–Crippen MR) is 43.8 cm³/mol. The fraction of sp³-hybridized carbons (Fsp3) is 0.857. The Bertz CT molecular complexity index is 185. The number of nitrogens with one attached hydrogen (secondary N) is 1. The molecule has 1 amide bonds. The van der Waals surface area contributed by atoms with Crippen molar-refractivity contribution in [3.63, 3.8) is 0 Å². The average Bonchev–Trinajstić information content (AvgIpc) is 1.97. The molecule has 1 saturated heterocycles. The fourth-order valence-electron chi connectivity index (χ4n) is 1.68. The molecular formula is C7H10BrNO2. The minimum absolute atomic E-state index is 0.0995. The Hall–Kier alpha value is -0.250. The van der Waals surface area contributed by atoms with Crippen LogP contribution >= 0.6 is 15.9 Å². The molecule has 11 heavy (non-hydrogen) atoms. The van der Waals surface area contributed by atoms with Crippen LogP contribution in [-0.2, 0) is 4.74 Å². The molecule has 0 aromatic carbocycles. The van der Waals surface area contributed by atoms with Gasteiger partial charge in [0.25, 0.3) is 0 Å². The third-order valence-electron chi connectivity index (χ3n) is 2.29. The highest BCUT2D eigenvalue weighted by Gasteiger charge is 2.36. The maximum atomic E-state index is 10.9. The van der Waals surface area contributed by atoms with Crippen LogP contribution in [0.2, 0.25) is 0 Å². The van der Waals surface area contributed by atoms with E-state index in [2.05, 4.69) is 21.2 Å². The lowest BCUT2D eigenvalue weighted by Crippen LogP contribution is -2.51. The van der Waals surface area contributed by atoms with Crippen LogP contribution in [0.15, 0.2) is 0 Å². The molecule has 0 aromatic heterocycles. The molecule has 1 N–H and O–H groups in total. The van der Waals surface area contributed by atoms with Gasteiger partial charge in [0, 0.05) is 12.5 Å². The van der Waals surface area contributed by atoms with Crippen LogP contribution in [0.25, 0.3) is 0 Å². The van der Waals surface area contributed by atoms with Crippen LogP contribution in [0.5, 0.6) is 0 Å². The average molecular weight is 220 g/mol. The number of alkyl halides is 1. The topological polar surface area (TPSA) is 38.3 Å². The molecule has 1 heterocycles. The van der Waals surface area contributed by atoms with Crippen molar-refractivity contribution in [2.24, 2.45) is 0 Å². The Kier molecular flexibility index (Phi) is 1.79. The standard InChI is InChI=1S/C7H10BrNO2/c8-5-2-1-4-3-6(5)11-7(10)9-4/h4-6H,1-3H2,(H,9,10)/t4-,5+,6-/m0/s1. The number of hydrogen-bond acceptors (Lipinski definition) is 2. The van der Waals surface area contributed by atoms with Gasteiger partial charge in [0.15, 0.2) is 0 Å². The van der Waals surface area contributed by atoms with Crippen LogP contribution in [-0.4, -0.2) is 23.1 Å². The third-order valence-corrected chi connectivity index (χ3v) is 3.34. The molecule has 2 aliphatic rings. The number of carbonyl (C=O) groups is 1. The molecule has 4 heteroatoms. The van der Waals surface area contributed by atoms with Crippen molar-refractivity contribution in [3.8, 4) is 0 Å². The highest BCUT2D eigenvalue weighted by molar-refractivity contribution is 9.09. The van der Waals surface area contributed by atoms with E-state index >= 15 is 0 Å². The van der Waals surface area contributed by atoms with Gasteiger partial charge in [-0.1, -0.05) is 15.9 Å². The van der Waals surface area contributed by atoms with E-state index in [1.54, 1.807) is 0 Å². The molecule has 0 unspecified atom stereocenters. The van der Waals surface area contributed by atoms with Gasteiger partial charge in [0.05, 0.1) is 4.83 Å². The largest absolute Gasteiger partial charge is 0.445 e. The number of fused-ring (bicyclic) bond motifs is 2. The second-order valence-electron chi connectivity index (χ2n) is 3.11. The van der Waals surface area contributed by atoms with Crippen molar-refractivity contribution in [1.29, 1.82) is 0 Å². The Balaban J connectivity index is 2.08. The van der Waals surface area contributed by atoms with Gasteiger partial charge in [0.2, 0.25) is 0 Å². The van der Waals surface area contributed by atoms with Gasteiger partial charge in [0.1, 0.15) is 6.10 Å². The molecule has 2 rings (SSSR count). The Morgan fingerprint density at radius 3 is 3.18 bits per heavy atom. The van der Waals surface area contributed by atoms with Gasteiger partial charge < -0.3 is 10.1 Å². The summed E-state index contributed by atoms with van der Waals surface area (Å²) in [6.07, 6.45) is 2.97. The van der Waals surface area contributed by atoms with Crippen LogP contribution in [0, 0.1) is 0 Å². The molecule has 1 aliphatic carbocycles. The minimum Gasteiger partial charge on any atom is -0.445 e. The second kappa shape index (κ2) is 2.66. The minimum atomic E-state index is -0.254. The van der Waals surface area contributed by atoms with Crippen molar-refractivity contribution in [2.75, 3.05) is 0 Å². The zero-order chi connectivity index (χ0) is 7.84. The van der Waals surface area contributed by atoms with Gasteiger partial charge in [-0.15, -0.1) is 0 Å². The normalized spacial score (nSPS) is 42.6. The lowest BCUT2D eigenvalue weighted by molar-refractivity contribution is 0.0407. The number of ether oxygens (including phenoxy) is 1. The van der Waals surface area contributed by atoms with E-state index in [-0.39, 0.29) is 12.2 Å². The summed E-state index contributed by atoms with van der Waals surface area (Å²) >= 11 is 3.50. The van der Waals surface area contributed by atoms with E-state index in [9.17, 15) is 4.79 Å². The van der Waals surface area contributed by atoms with Crippen LogP contribution in [0.1, 0.15) is 19.3 Å². The molecule has 1 saturated carbocycles. The SMILES string of the molecule is O=C1N[C@H]2CC[C@@H](Br)[C@H](C2)O1. The molecular weight excluding hydrogens is 210 g/mol. The number of carbonyl (C=O) groups excluding carboxylic acids is 1. The quantitative estimate of drug-likeness (QED) is 0.627. The van der Waals surface area contributed by atoms with E-state index in [1.165, 1.54) is 0 Å². The van der Waals surface area contributed by atoms with Gasteiger partial charge >= 0.3 is 6.09 Å². The zero-order valence-corrected chi connectivity index (χ0v) is 7.63. The molecule has 3 atom stereocenters. The summed E-state index contributed by atoms with van der Waals surface area (Å²) in [5.74, 6) is 0. The first-order valence-corrected chi connectivity index (χ1v) is 4.78. The highest BCUT2D eigenvalue weighted by atomic mass is 79.9. The van der Waals surface area contributed by atoms with Crippen molar-refractivity contribution in [2.45, 2.75) is 36.2 Å². The Morgan fingerprint density at radius 1 is 1.55 bits per heavy atom. The summed E-state index contributed by atoms with van der Waals surface area (Å²) in [5.41, 5.74) is 0. The smallest absolute Gasteiger partial charge is 0.407 e. The van der Waals surface area contributed by atoms with Gasteiger partial charge in [-0.25, -0.2) is 4.79 Å². The first-order valence-electron chi connectivity index (χ1n) is 3.87. The molecule has 62 valence electrons. The second-order valence-corrected chi connectivity index (χ2v) is 4.29. The summed E-state index contributed by atoms with van der Waals surface area (Å²) in [7, 11) is 0. The van der Waals surface area contributed by atoms with Gasteiger partial charge in [-0.2, -0.15) is 0 Å².